The van der Waals surface area contributed by atoms with E-state index < -0.39 is 0 Å². The number of hydrogen-bond acceptors (Lipinski definition) is 2. The van der Waals surface area contributed by atoms with Gasteiger partial charge in [0.1, 0.15) is 0 Å². The number of para-hydroxylation sites is 1. The molecule has 0 aliphatic rings. The van der Waals surface area contributed by atoms with Crippen LogP contribution in [-0.2, 0) is 0 Å². The van der Waals surface area contributed by atoms with Gasteiger partial charge in [-0.1, -0.05) is 24.3 Å². The van der Waals surface area contributed by atoms with Crippen molar-refractivity contribution < 1.29 is 0 Å². The molecule has 2 N–H and O–H groups in total. The van der Waals surface area contributed by atoms with Gasteiger partial charge in [0.2, 0.25) is 0 Å². The average molecular weight is 351 g/mol. The molecule has 0 saturated carbocycles. The van der Waals surface area contributed by atoms with Gasteiger partial charge in [-0.05, 0) is 60.3 Å². The lowest BCUT2D eigenvalue weighted by Crippen LogP contribution is -2.08. The number of aromatic amines is 2. The van der Waals surface area contributed by atoms with E-state index in [1.165, 1.54) is 0 Å². The highest BCUT2D eigenvalue weighted by molar-refractivity contribution is 5.91. The van der Waals surface area contributed by atoms with Crippen LogP contribution in [0.5, 0.6) is 0 Å². The van der Waals surface area contributed by atoms with E-state index in [4.69, 9.17) is 0 Å². The maximum atomic E-state index is 12.6. The third-order valence-corrected chi connectivity index (χ3v) is 4.89. The minimum atomic E-state index is -0.0754. The number of rotatable bonds is 2. The molecule has 0 spiro atoms. The number of nitrogens with zero attached hydrogens (tertiary/aromatic N) is 1. The highest BCUT2D eigenvalue weighted by atomic mass is 16.1. The molecule has 3 heterocycles. The van der Waals surface area contributed by atoms with Crippen LogP contribution in [0.15, 0.2) is 77.7 Å². The Morgan fingerprint density at radius 2 is 1.63 bits per heavy atom. The molecule has 0 radical (unpaired) electrons. The van der Waals surface area contributed by atoms with Crippen LogP contribution in [0.1, 0.15) is 5.69 Å². The lowest BCUT2D eigenvalue weighted by Gasteiger charge is -2.04. The van der Waals surface area contributed by atoms with Gasteiger partial charge in [0.25, 0.3) is 5.56 Å². The molecule has 2 aromatic carbocycles. The molecule has 3 aromatic heterocycles. The van der Waals surface area contributed by atoms with E-state index in [0.29, 0.717) is 5.56 Å². The van der Waals surface area contributed by atoms with Crippen molar-refractivity contribution in [3.63, 3.8) is 0 Å². The van der Waals surface area contributed by atoms with E-state index in [-0.39, 0.29) is 5.56 Å². The van der Waals surface area contributed by atoms with Crippen LogP contribution in [0.3, 0.4) is 0 Å². The lowest BCUT2D eigenvalue weighted by atomic mass is 10.0. The first kappa shape index (κ1) is 15.6. The molecule has 4 heteroatoms. The fraction of sp³-hybridized carbons (Fsp3) is 0.0435. The van der Waals surface area contributed by atoms with E-state index in [9.17, 15) is 4.79 Å². The average Bonchev–Trinajstić information content (AvgIpc) is 3.11. The van der Waals surface area contributed by atoms with Gasteiger partial charge in [-0.25, -0.2) is 0 Å². The molecular formula is C23H17N3O. The van der Waals surface area contributed by atoms with Crippen molar-refractivity contribution >= 4 is 21.8 Å². The first-order chi connectivity index (χ1) is 13.2. The predicted octanol–water partition coefficient (Wildman–Crippen LogP) is 5.05. The van der Waals surface area contributed by atoms with Crippen molar-refractivity contribution in [2.75, 3.05) is 0 Å². The highest BCUT2D eigenvalue weighted by Crippen LogP contribution is 2.28. The van der Waals surface area contributed by atoms with Crippen molar-refractivity contribution in [1.82, 2.24) is 15.0 Å². The lowest BCUT2D eigenvalue weighted by molar-refractivity contribution is 1.20. The summed E-state index contributed by atoms with van der Waals surface area (Å²) in [5.74, 6) is 0. The fourth-order valence-corrected chi connectivity index (χ4v) is 3.53. The molecular weight excluding hydrogens is 334 g/mol. The molecule has 4 nitrogen and oxygen atoms in total. The number of H-pyrrole nitrogens is 2. The fourth-order valence-electron chi connectivity index (χ4n) is 3.53. The number of nitrogens with one attached hydrogen (secondary N) is 2. The number of aryl methyl sites for hydroxylation is 1. The molecule has 0 atom stereocenters. The minimum absolute atomic E-state index is 0.0754. The molecule has 0 unspecified atom stereocenters. The van der Waals surface area contributed by atoms with Gasteiger partial charge in [0.05, 0.1) is 0 Å². The SMILES string of the molecule is Cc1cc(-c2cc3cc(-c4cc5ccccc5[nH]c4=O)ccc3[nH]2)ccn1. The number of aromatic nitrogens is 3. The van der Waals surface area contributed by atoms with E-state index >= 15 is 0 Å². The quantitative estimate of drug-likeness (QED) is 0.468. The van der Waals surface area contributed by atoms with Crippen LogP contribution >= 0.6 is 0 Å². The van der Waals surface area contributed by atoms with Crippen molar-refractivity contribution in [2.45, 2.75) is 6.92 Å². The zero-order chi connectivity index (χ0) is 18.4. The molecule has 0 saturated heterocycles. The molecule has 0 bridgehead atoms. The second-order valence-electron chi connectivity index (χ2n) is 6.77. The van der Waals surface area contributed by atoms with E-state index in [2.05, 4.69) is 33.2 Å². The summed E-state index contributed by atoms with van der Waals surface area (Å²) in [6.45, 7) is 1.98. The molecule has 0 aliphatic carbocycles. The predicted molar refractivity (Wildman–Crippen MR) is 110 cm³/mol. The molecule has 27 heavy (non-hydrogen) atoms. The summed E-state index contributed by atoms with van der Waals surface area (Å²) in [5, 5.41) is 2.10. The van der Waals surface area contributed by atoms with Gasteiger partial charge in [-0.2, -0.15) is 0 Å². The summed E-state index contributed by atoms with van der Waals surface area (Å²) in [6, 6.07) is 22.0. The zero-order valence-corrected chi connectivity index (χ0v) is 14.8. The topological polar surface area (TPSA) is 61.5 Å². The van der Waals surface area contributed by atoms with Gasteiger partial charge < -0.3 is 9.97 Å². The Kier molecular flexibility index (Phi) is 3.44. The molecule has 0 amide bonds. The molecule has 130 valence electrons. The summed E-state index contributed by atoms with van der Waals surface area (Å²) < 4.78 is 0. The zero-order valence-electron chi connectivity index (χ0n) is 14.8. The van der Waals surface area contributed by atoms with Crippen LogP contribution in [0.25, 0.3) is 44.2 Å². The second kappa shape index (κ2) is 5.95. The third kappa shape index (κ3) is 2.72. The standard InChI is InChI=1S/C23H17N3O/c1-14-10-17(8-9-24-14)22-13-18-11-15(6-7-21(18)25-22)19-12-16-4-2-3-5-20(16)26-23(19)27/h2-13,25H,1H3,(H,26,27). The Morgan fingerprint density at radius 3 is 2.52 bits per heavy atom. The van der Waals surface area contributed by atoms with Crippen LogP contribution in [-0.4, -0.2) is 15.0 Å². The molecule has 5 rings (SSSR count). The smallest absolute Gasteiger partial charge is 0.256 e. The largest absolute Gasteiger partial charge is 0.355 e. The van der Waals surface area contributed by atoms with E-state index in [0.717, 1.165) is 44.3 Å². The third-order valence-electron chi connectivity index (χ3n) is 4.89. The van der Waals surface area contributed by atoms with Crippen molar-refractivity contribution in [3.05, 3.63) is 89.0 Å². The van der Waals surface area contributed by atoms with Crippen molar-refractivity contribution in [3.8, 4) is 22.4 Å². The second-order valence-corrected chi connectivity index (χ2v) is 6.77. The summed E-state index contributed by atoms with van der Waals surface area (Å²) >= 11 is 0. The number of hydrogen-bond donors (Lipinski definition) is 2. The first-order valence-electron chi connectivity index (χ1n) is 8.86. The van der Waals surface area contributed by atoms with Crippen LogP contribution in [0, 0.1) is 6.92 Å². The number of pyridine rings is 2. The van der Waals surface area contributed by atoms with Crippen molar-refractivity contribution in [2.24, 2.45) is 0 Å². The van der Waals surface area contributed by atoms with Crippen LogP contribution < -0.4 is 5.56 Å². The molecule has 0 fully saturated rings. The van der Waals surface area contributed by atoms with Crippen molar-refractivity contribution in [1.29, 1.82) is 0 Å². The maximum absolute atomic E-state index is 12.6. The van der Waals surface area contributed by atoms with E-state index in [1.807, 2.05) is 61.7 Å². The summed E-state index contributed by atoms with van der Waals surface area (Å²) in [4.78, 5) is 23.2. The first-order valence-corrected chi connectivity index (χ1v) is 8.86. The van der Waals surface area contributed by atoms with Gasteiger partial charge in [0, 0.05) is 45.1 Å². The molecule has 5 aromatic rings. The van der Waals surface area contributed by atoms with E-state index in [1.54, 1.807) is 0 Å². The maximum Gasteiger partial charge on any atom is 0.256 e. The molecule has 0 aliphatic heterocycles. The van der Waals surface area contributed by atoms with Gasteiger partial charge >= 0.3 is 0 Å². The Balaban J connectivity index is 1.65. The Hall–Kier alpha value is -3.66. The van der Waals surface area contributed by atoms with Crippen LogP contribution in [0.2, 0.25) is 0 Å². The number of fused-ring (bicyclic) bond motifs is 2. The Labute approximate surface area is 155 Å². The van der Waals surface area contributed by atoms with Crippen LogP contribution in [0.4, 0.5) is 0 Å². The van der Waals surface area contributed by atoms with Gasteiger partial charge in [0.15, 0.2) is 0 Å². The monoisotopic (exact) mass is 351 g/mol. The minimum Gasteiger partial charge on any atom is -0.355 e. The highest BCUT2D eigenvalue weighted by Gasteiger charge is 2.09. The number of benzene rings is 2. The summed E-state index contributed by atoms with van der Waals surface area (Å²) in [7, 11) is 0. The summed E-state index contributed by atoms with van der Waals surface area (Å²) in [5.41, 5.74) is 6.53. The Bertz CT molecular complexity index is 1360. The normalized spacial score (nSPS) is 11.3. The van der Waals surface area contributed by atoms with Gasteiger partial charge in [-0.3, -0.25) is 9.78 Å². The van der Waals surface area contributed by atoms with Gasteiger partial charge in [-0.15, -0.1) is 0 Å². The summed E-state index contributed by atoms with van der Waals surface area (Å²) in [6.07, 6.45) is 1.82. The Morgan fingerprint density at radius 1 is 0.778 bits per heavy atom.